The van der Waals surface area contributed by atoms with Crippen LogP contribution in [0.15, 0.2) is 24.0 Å². The van der Waals surface area contributed by atoms with Crippen molar-refractivity contribution in [2.45, 2.75) is 52.1 Å². The average molecular weight is 304 g/mol. The van der Waals surface area contributed by atoms with Gasteiger partial charge in [0.25, 0.3) is 0 Å². The number of ether oxygens (including phenoxy) is 2. The lowest BCUT2D eigenvalue weighted by Crippen LogP contribution is -2.26. The van der Waals surface area contributed by atoms with E-state index in [-0.39, 0.29) is 12.5 Å². The van der Waals surface area contributed by atoms with Gasteiger partial charge in [-0.25, -0.2) is 0 Å². The van der Waals surface area contributed by atoms with Gasteiger partial charge in [-0.3, -0.25) is 4.79 Å². The van der Waals surface area contributed by atoms with Gasteiger partial charge in [0.1, 0.15) is 11.5 Å². The zero-order valence-corrected chi connectivity index (χ0v) is 13.3. The summed E-state index contributed by atoms with van der Waals surface area (Å²) in [5.74, 6) is 0.805. The average Bonchev–Trinajstić information content (AvgIpc) is 2.51. The van der Waals surface area contributed by atoms with Crippen molar-refractivity contribution in [2.24, 2.45) is 0 Å². The standard InChI is InChI=1S/C18H24O4/c1-3-6-13-7-5-8-14-12-16(21-11-4-2)15(22-18(13)14)9-10-17(19)20/h5,7-8,12,15H,3-4,6,9-11H2,1-2H3,(H,19,20). The van der Waals surface area contributed by atoms with Gasteiger partial charge >= 0.3 is 5.97 Å². The molecule has 0 aliphatic carbocycles. The normalized spacial score (nSPS) is 16.5. The first-order valence-electron chi connectivity index (χ1n) is 8.00. The van der Waals surface area contributed by atoms with Crippen LogP contribution in [-0.2, 0) is 16.0 Å². The highest BCUT2D eigenvalue weighted by Crippen LogP contribution is 2.35. The fraction of sp³-hybridized carbons (Fsp3) is 0.500. The van der Waals surface area contributed by atoms with Crippen LogP contribution in [0.4, 0.5) is 0 Å². The molecule has 1 atom stereocenters. The first kappa shape index (κ1) is 16.4. The fourth-order valence-electron chi connectivity index (χ4n) is 2.59. The smallest absolute Gasteiger partial charge is 0.303 e. The largest absolute Gasteiger partial charge is 0.494 e. The van der Waals surface area contributed by atoms with Gasteiger partial charge in [-0.2, -0.15) is 0 Å². The minimum Gasteiger partial charge on any atom is -0.494 e. The molecule has 2 rings (SSSR count). The van der Waals surface area contributed by atoms with Gasteiger partial charge in [0.2, 0.25) is 0 Å². The van der Waals surface area contributed by atoms with Gasteiger partial charge in [-0.05, 0) is 24.5 Å². The van der Waals surface area contributed by atoms with Crippen LogP contribution in [0.2, 0.25) is 0 Å². The van der Waals surface area contributed by atoms with Crippen LogP contribution in [-0.4, -0.2) is 23.8 Å². The minimum absolute atomic E-state index is 0.0722. The van der Waals surface area contributed by atoms with E-state index in [4.69, 9.17) is 14.6 Å². The predicted molar refractivity (Wildman–Crippen MR) is 85.9 cm³/mol. The maximum absolute atomic E-state index is 10.9. The summed E-state index contributed by atoms with van der Waals surface area (Å²) in [6.07, 6.45) is 5.09. The lowest BCUT2D eigenvalue weighted by atomic mass is 9.99. The van der Waals surface area contributed by atoms with E-state index in [0.717, 1.165) is 36.3 Å². The molecule has 1 N–H and O–H groups in total. The summed E-state index contributed by atoms with van der Waals surface area (Å²) < 4.78 is 11.9. The molecular formula is C18H24O4. The minimum atomic E-state index is -0.814. The summed E-state index contributed by atoms with van der Waals surface area (Å²) in [6.45, 7) is 4.79. The van der Waals surface area contributed by atoms with Gasteiger partial charge in [0.05, 0.1) is 6.61 Å². The van der Waals surface area contributed by atoms with E-state index in [1.54, 1.807) is 0 Å². The highest BCUT2D eigenvalue weighted by molar-refractivity contribution is 5.67. The Labute approximate surface area is 131 Å². The summed E-state index contributed by atoms with van der Waals surface area (Å²) in [7, 11) is 0. The number of carboxylic acid groups (broad SMARTS) is 1. The molecular weight excluding hydrogens is 280 g/mol. The highest BCUT2D eigenvalue weighted by Gasteiger charge is 2.26. The number of benzene rings is 1. The van der Waals surface area contributed by atoms with Crippen molar-refractivity contribution in [3.05, 3.63) is 35.1 Å². The lowest BCUT2D eigenvalue weighted by molar-refractivity contribution is -0.137. The monoisotopic (exact) mass is 304 g/mol. The van der Waals surface area contributed by atoms with Crippen molar-refractivity contribution < 1.29 is 19.4 Å². The summed E-state index contributed by atoms with van der Waals surface area (Å²) >= 11 is 0. The van der Waals surface area contributed by atoms with Crippen LogP contribution < -0.4 is 4.74 Å². The summed E-state index contributed by atoms with van der Waals surface area (Å²) in [4.78, 5) is 10.9. The third-order valence-electron chi connectivity index (χ3n) is 3.61. The third kappa shape index (κ3) is 4.03. The number of carboxylic acids is 1. The van der Waals surface area contributed by atoms with Gasteiger partial charge in [0.15, 0.2) is 6.10 Å². The molecule has 0 saturated heterocycles. The van der Waals surface area contributed by atoms with Gasteiger partial charge in [-0.1, -0.05) is 38.5 Å². The molecule has 4 heteroatoms. The Morgan fingerprint density at radius 3 is 2.82 bits per heavy atom. The highest BCUT2D eigenvalue weighted by atomic mass is 16.5. The summed E-state index contributed by atoms with van der Waals surface area (Å²) in [6, 6.07) is 6.11. The van der Waals surface area contributed by atoms with Crippen LogP contribution in [0.3, 0.4) is 0 Å². The Morgan fingerprint density at radius 2 is 2.14 bits per heavy atom. The van der Waals surface area contributed by atoms with E-state index in [2.05, 4.69) is 13.0 Å². The van der Waals surface area contributed by atoms with E-state index in [9.17, 15) is 4.79 Å². The van der Waals surface area contributed by atoms with Crippen molar-refractivity contribution in [2.75, 3.05) is 6.61 Å². The van der Waals surface area contributed by atoms with Crippen LogP contribution in [0, 0.1) is 0 Å². The van der Waals surface area contributed by atoms with Gasteiger partial charge < -0.3 is 14.6 Å². The van der Waals surface area contributed by atoms with Crippen LogP contribution in [0.5, 0.6) is 5.75 Å². The van der Waals surface area contributed by atoms with Crippen molar-refractivity contribution in [3.8, 4) is 5.75 Å². The Kier molecular flexibility index (Phi) is 5.87. The van der Waals surface area contributed by atoms with E-state index in [1.165, 1.54) is 5.56 Å². The maximum Gasteiger partial charge on any atom is 0.303 e. The Morgan fingerprint density at radius 1 is 1.32 bits per heavy atom. The SMILES string of the molecule is CCCOC1=Cc2cccc(CCC)c2OC1CCC(=O)O. The molecule has 0 aromatic heterocycles. The van der Waals surface area contributed by atoms with E-state index < -0.39 is 5.97 Å². The van der Waals surface area contributed by atoms with E-state index >= 15 is 0 Å². The molecule has 1 aliphatic heterocycles. The number of hydrogen-bond acceptors (Lipinski definition) is 3. The second kappa shape index (κ2) is 7.87. The quantitative estimate of drug-likeness (QED) is 0.787. The zero-order chi connectivity index (χ0) is 15.9. The molecule has 120 valence electrons. The summed E-state index contributed by atoms with van der Waals surface area (Å²) in [5, 5.41) is 8.92. The first-order valence-corrected chi connectivity index (χ1v) is 8.00. The molecule has 1 aromatic carbocycles. The topological polar surface area (TPSA) is 55.8 Å². The number of carbonyl (C=O) groups is 1. The molecule has 0 bridgehead atoms. The molecule has 0 fully saturated rings. The predicted octanol–water partition coefficient (Wildman–Crippen LogP) is 4.03. The van der Waals surface area contributed by atoms with Crippen molar-refractivity contribution in [1.29, 1.82) is 0 Å². The molecule has 22 heavy (non-hydrogen) atoms. The zero-order valence-electron chi connectivity index (χ0n) is 13.3. The van der Waals surface area contributed by atoms with Crippen molar-refractivity contribution in [3.63, 3.8) is 0 Å². The number of aryl methyl sites for hydroxylation is 1. The van der Waals surface area contributed by atoms with Gasteiger partial charge in [-0.15, -0.1) is 0 Å². The number of hydrogen-bond donors (Lipinski definition) is 1. The second-order valence-corrected chi connectivity index (χ2v) is 5.52. The maximum atomic E-state index is 10.9. The molecule has 0 spiro atoms. The lowest BCUT2D eigenvalue weighted by Gasteiger charge is -2.28. The third-order valence-corrected chi connectivity index (χ3v) is 3.61. The van der Waals surface area contributed by atoms with Crippen LogP contribution >= 0.6 is 0 Å². The second-order valence-electron chi connectivity index (χ2n) is 5.52. The van der Waals surface area contributed by atoms with Gasteiger partial charge in [0, 0.05) is 18.4 Å². The Balaban J connectivity index is 2.27. The number of para-hydroxylation sites is 1. The van der Waals surface area contributed by atoms with Crippen molar-refractivity contribution in [1.82, 2.24) is 0 Å². The summed E-state index contributed by atoms with van der Waals surface area (Å²) in [5.41, 5.74) is 2.19. The fourth-order valence-corrected chi connectivity index (χ4v) is 2.59. The number of aliphatic carboxylic acids is 1. The molecule has 1 heterocycles. The number of fused-ring (bicyclic) bond motifs is 1. The van der Waals surface area contributed by atoms with Crippen LogP contribution in [0.1, 0.15) is 50.7 Å². The first-order chi connectivity index (χ1) is 10.7. The van der Waals surface area contributed by atoms with Crippen LogP contribution in [0.25, 0.3) is 6.08 Å². The molecule has 1 unspecified atom stereocenters. The van der Waals surface area contributed by atoms with E-state index in [1.807, 2.05) is 25.1 Å². The van der Waals surface area contributed by atoms with Crippen molar-refractivity contribution >= 4 is 12.0 Å². The molecule has 4 nitrogen and oxygen atoms in total. The number of rotatable bonds is 8. The Hall–Kier alpha value is -1.97. The molecule has 0 radical (unpaired) electrons. The Bertz CT molecular complexity index is 548. The molecule has 0 amide bonds. The van der Waals surface area contributed by atoms with E-state index in [0.29, 0.717) is 13.0 Å². The molecule has 1 aromatic rings. The molecule has 0 saturated carbocycles. The molecule has 1 aliphatic rings.